The summed E-state index contributed by atoms with van der Waals surface area (Å²) in [6.07, 6.45) is 0.718. The lowest BCUT2D eigenvalue weighted by atomic mass is 10.1. The maximum atomic E-state index is 12.0. The van der Waals surface area contributed by atoms with Gasteiger partial charge in [0, 0.05) is 6.54 Å². The second kappa shape index (κ2) is 9.57. The van der Waals surface area contributed by atoms with Crippen LogP contribution in [0.25, 0.3) is 0 Å². The minimum Gasteiger partial charge on any atom is -0.493 e. The smallest absolute Gasteiger partial charge is 0.315 e. The summed E-state index contributed by atoms with van der Waals surface area (Å²) in [4.78, 5) is 12.0. The summed E-state index contributed by atoms with van der Waals surface area (Å²) < 4.78 is 10.8. The maximum absolute atomic E-state index is 12.0. The molecule has 2 N–H and O–H groups in total. The molecule has 0 aromatic heterocycles. The van der Waals surface area contributed by atoms with Gasteiger partial charge in [-0.1, -0.05) is 36.4 Å². The number of nitrogens with one attached hydrogen (secondary N) is 2. The molecule has 1 unspecified atom stereocenters. The number of carbonyl (C=O) groups excluding carboxylic acids is 1. The number of ether oxygens (including phenoxy) is 2. The Morgan fingerprint density at radius 3 is 2.56 bits per heavy atom. The van der Waals surface area contributed by atoms with E-state index in [9.17, 15) is 4.79 Å². The van der Waals surface area contributed by atoms with Gasteiger partial charge in [-0.3, -0.25) is 0 Å². The van der Waals surface area contributed by atoms with Crippen molar-refractivity contribution >= 4 is 6.03 Å². The Hall–Kier alpha value is -2.69. The minimum absolute atomic E-state index is 0.0354. The van der Waals surface area contributed by atoms with E-state index in [1.54, 1.807) is 7.11 Å². The summed E-state index contributed by atoms with van der Waals surface area (Å²) in [6, 6.07) is 15.5. The van der Waals surface area contributed by atoms with Gasteiger partial charge in [-0.2, -0.15) is 0 Å². The number of methoxy groups -OCH3 is 1. The molecule has 25 heavy (non-hydrogen) atoms. The molecular formula is C20H26N2O3. The van der Waals surface area contributed by atoms with Crippen molar-refractivity contribution in [2.24, 2.45) is 0 Å². The van der Waals surface area contributed by atoms with Crippen molar-refractivity contribution in [3.05, 3.63) is 59.7 Å². The first-order chi connectivity index (χ1) is 12.1. The highest BCUT2D eigenvalue weighted by Crippen LogP contribution is 2.28. The van der Waals surface area contributed by atoms with Gasteiger partial charge in [-0.15, -0.1) is 0 Å². The van der Waals surface area contributed by atoms with Crippen molar-refractivity contribution < 1.29 is 14.3 Å². The predicted molar refractivity (Wildman–Crippen MR) is 99.3 cm³/mol. The van der Waals surface area contributed by atoms with Crippen LogP contribution in [0.1, 0.15) is 31.0 Å². The number of rotatable bonds is 8. The van der Waals surface area contributed by atoms with E-state index in [-0.39, 0.29) is 12.1 Å². The fraction of sp³-hybridized carbons (Fsp3) is 0.350. The monoisotopic (exact) mass is 342 g/mol. The molecule has 0 saturated carbocycles. The standard InChI is InChI=1S/C20H26N2O3/c1-4-25-18-11-10-16(14-19(18)24-3)12-13-21-20(23)22-15(2)17-8-6-5-7-9-17/h5-11,14-15H,4,12-13H2,1-3H3,(H2,21,22,23). The Bertz CT molecular complexity index is 674. The first kappa shape index (κ1) is 18.6. The molecule has 0 heterocycles. The van der Waals surface area contributed by atoms with Gasteiger partial charge in [-0.05, 0) is 43.5 Å². The third-order valence-corrected chi connectivity index (χ3v) is 3.87. The lowest BCUT2D eigenvalue weighted by molar-refractivity contribution is 0.238. The molecule has 2 rings (SSSR count). The quantitative estimate of drug-likeness (QED) is 0.769. The van der Waals surface area contributed by atoms with Gasteiger partial charge in [0.25, 0.3) is 0 Å². The Labute approximate surface area is 149 Å². The molecule has 0 aliphatic rings. The van der Waals surface area contributed by atoms with Gasteiger partial charge in [0.05, 0.1) is 19.8 Å². The highest BCUT2D eigenvalue weighted by atomic mass is 16.5. The van der Waals surface area contributed by atoms with Crippen LogP contribution in [-0.4, -0.2) is 26.3 Å². The molecule has 2 aromatic rings. The van der Waals surface area contributed by atoms with Crippen LogP contribution >= 0.6 is 0 Å². The van der Waals surface area contributed by atoms with Crippen LogP contribution in [0.2, 0.25) is 0 Å². The van der Waals surface area contributed by atoms with Crippen molar-refractivity contribution in [3.8, 4) is 11.5 Å². The molecule has 0 aliphatic carbocycles. The van der Waals surface area contributed by atoms with Crippen molar-refractivity contribution in [2.75, 3.05) is 20.3 Å². The second-order valence-electron chi connectivity index (χ2n) is 5.70. The summed E-state index contributed by atoms with van der Waals surface area (Å²) in [5.41, 5.74) is 2.16. The zero-order valence-corrected chi connectivity index (χ0v) is 15.0. The molecule has 0 radical (unpaired) electrons. The largest absolute Gasteiger partial charge is 0.493 e. The van der Waals surface area contributed by atoms with Crippen molar-refractivity contribution in [3.63, 3.8) is 0 Å². The van der Waals surface area contributed by atoms with E-state index in [1.165, 1.54) is 0 Å². The minimum atomic E-state index is -0.172. The Morgan fingerprint density at radius 2 is 1.88 bits per heavy atom. The number of amides is 2. The summed E-state index contributed by atoms with van der Waals surface area (Å²) in [7, 11) is 1.62. The summed E-state index contributed by atoms with van der Waals surface area (Å²) in [5.74, 6) is 1.44. The Morgan fingerprint density at radius 1 is 1.12 bits per heavy atom. The van der Waals surface area contributed by atoms with E-state index in [0.29, 0.717) is 18.9 Å². The zero-order chi connectivity index (χ0) is 18.1. The van der Waals surface area contributed by atoms with Gasteiger partial charge in [-0.25, -0.2) is 4.79 Å². The van der Waals surface area contributed by atoms with Crippen LogP contribution < -0.4 is 20.1 Å². The van der Waals surface area contributed by atoms with E-state index in [2.05, 4.69) is 10.6 Å². The van der Waals surface area contributed by atoms with E-state index in [1.807, 2.05) is 62.4 Å². The molecule has 5 heteroatoms. The fourth-order valence-corrected chi connectivity index (χ4v) is 2.54. The van der Waals surface area contributed by atoms with E-state index in [4.69, 9.17) is 9.47 Å². The van der Waals surface area contributed by atoms with Crippen LogP contribution in [0, 0.1) is 0 Å². The Kier molecular flexibility index (Phi) is 7.14. The third kappa shape index (κ3) is 5.71. The average molecular weight is 342 g/mol. The average Bonchev–Trinajstić information content (AvgIpc) is 2.63. The predicted octanol–water partition coefficient (Wildman–Crippen LogP) is 3.70. The number of urea groups is 1. The van der Waals surface area contributed by atoms with E-state index < -0.39 is 0 Å². The zero-order valence-electron chi connectivity index (χ0n) is 15.0. The van der Waals surface area contributed by atoms with E-state index in [0.717, 1.165) is 23.3 Å². The van der Waals surface area contributed by atoms with E-state index >= 15 is 0 Å². The molecular weight excluding hydrogens is 316 g/mol. The molecule has 0 spiro atoms. The van der Waals surface area contributed by atoms with Gasteiger partial charge in [0.2, 0.25) is 0 Å². The number of hydrogen-bond donors (Lipinski definition) is 2. The molecule has 5 nitrogen and oxygen atoms in total. The SMILES string of the molecule is CCOc1ccc(CCNC(=O)NC(C)c2ccccc2)cc1OC. The Balaban J connectivity index is 1.81. The fourth-order valence-electron chi connectivity index (χ4n) is 2.54. The van der Waals surface area contributed by atoms with Gasteiger partial charge in [0.1, 0.15) is 0 Å². The molecule has 1 atom stereocenters. The van der Waals surface area contributed by atoms with Gasteiger partial charge < -0.3 is 20.1 Å². The molecule has 2 amide bonds. The number of benzene rings is 2. The van der Waals surface area contributed by atoms with Crippen molar-refractivity contribution in [1.82, 2.24) is 10.6 Å². The van der Waals surface area contributed by atoms with Crippen molar-refractivity contribution in [1.29, 1.82) is 0 Å². The van der Waals surface area contributed by atoms with Crippen LogP contribution in [0.3, 0.4) is 0 Å². The van der Waals surface area contributed by atoms with Crippen LogP contribution in [-0.2, 0) is 6.42 Å². The molecule has 2 aromatic carbocycles. The van der Waals surface area contributed by atoms with Crippen LogP contribution in [0.4, 0.5) is 4.79 Å². The van der Waals surface area contributed by atoms with Crippen LogP contribution in [0.15, 0.2) is 48.5 Å². The lowest BCUT2D eigenvalue weighted by Gasteiger charge is -2.15. The third-order valence-electron chi connectivity index (χ3n) is 3.87. The molecule has 0 aliphatic heterocycles. The molecule has 0 bridgehead atoms. The van der Waals surface area contributed by atoms with Gasteiger partial charge in [0.15, 0.2) is 11.5 Å². The first-order valence-electron chi connectivity index (χ1n) is 8.53. The second-order valence-corrected chi connectivity index (χ2v) is 5.70. The van der Waals surface area contributed by atoms with Gasteiger partial charge >= 0.3 is 6.03 Å². The van der Waals surface area contributed by atoms with Crippen molar-refractivity contribution in [2.45, 2.75) is 26.3 Å². The summed E-state index contributed by atoms with van der Waals surface area (Å²) in [6.45, 7) is 5.04. The molecule has 0 saturated heterocycles. The summed E-state index contributed by atoms with van der Waals surface area (Å²) in [5, 5.41) is 5.82. The summed E-state index contributed by atoms with van der Waals surface area (Å²) >= 11 is 0. The maximum Gasteiger partial charge on any atom is 0.315 e. The topological polar surface area (TPSA) is 59.6 Å². The highest BCUT2D eigenvalue weighted by Gasteiger charge is 2.09. The normalized spacial score (nSPS) is 11.5. The number of carbonyl (C=O) groups is 1. The lowest BCUT2D eigenvalue weighted by Crippen LogP contribution is -2.38. The number of hydrogen-bond acceptors (Lipinski definition) is 3. The molecule has 0 fully saturated rings. The highest BCUT2D eigenvalue weighted by molar-refractivity contribution is 5.74. The van der Waals surface area contributed by atoms with Crippen LogP contribution in [0.5, 0.6) is 11.5 Å². The first-order valence-corrected chi connectivity index (χ1v) is 8.53. The molecule has 134 valence electrons.